The van der Waals surface area contributed by atoms with Gasteiger partial charge < -0.3 is 4.74 Å². The summed E-state index contributed by atoms with van der Waals surface area (Å²) in [5, 5.41) is 1.69. The fourth-order valence-electron chi connectivity index (χ4n) is 2.88. The van der Waals surface area contributed by atoms with Crippen LogP contribution in [-0.2, 0) is 20.9 Å². The van der Waals surface area contributed by atoms with Gasteiger partial charge in [-0.3, -0.25) is 9.63 Å². The molecule has 1 aromatic carbocycles. The van der Waals surface area contributed by atoms with Crippen molar-refractivity contribution >= 4 is 5.97 Å². The molecule has 0 radical (unpaired) electrons. The lowest BCUT2D eigenvalue weighted by Gasteiger charge is -2.24. The first-order valence-electron chi connectivity index (χ1n) is 6.44. The van der Waals surface area contributed by atoms with Crippen molar-refractivity contribution in [2.75, 3.05) is 6.67 Å². The van der Waals surface area contributed by atoms with E-state index in [1.807, 2.05) is 37.3 Å². The SMILES string of the molecule is C[C@H]1ON(Cc2ccccc2)[C@H]2[C@@H]1C(=O)O[C@@H]2CF. The number of fused-ring (bicyclic) bond motifs is 1. The lowest BCUT2D eigenvalue weighted by Crippen LogP contribution is -2.39. The molecule has 2 fully saturated rings. The summed E-state index contributed by atoms with van der Waals surface area (Å²) in [6.45, 7) is 1.68. The Morgan fingerprint density at radius 1 is 1.32 bits per heavy atom. The van der Waals surface area contributed by atoms with E-state index in [-0.39, 0.29) is 24.0 Å². The predicted octanol–water partition coefficient (Wildman–Crippen LogP) is 1.70. The molecule has 2 aliphatic rings. The molecular formula is C14H16FNO3. The number of carbonyl (C=O) groups excluding carboxylic acids is 1. The van der Waals surface area contributed by atoms with Gasteiger partial charge in [-0.15, -0.1) is 0 Å². The first-order chi connectivity index (χ1) is 9.20. The Labute approximate surface area is 111 Å². The minimum Gasteiger partial charge on any atom is -0.457 e. The number of cyclic esters (lactones) is 1. The van der Waals surface area contributed by atoms with Crippen molar-refractivity contribution < 1.29 is 18.8 Å². The normalized spacial score (nSPS) is 34.3. The number of hydroxylamine groups is 2. The Bertz CT molecular complexity index is 467. The van der Waals surface area contributed by atoms with Crippen LogP contribution in [0.25, 0.3) is 0 Å². The highest BCUT2D eigenvalue weighted by atomic mass is 19.1. The Kier molecular flexibility index (Phi) is 3.24. The molecule has 2 saturated heterocycles. The minimum absolute atomic E-state index is 0.266. The van der Waals surface area contributed by atoms with Crippen molar-refractivity contribution in [2.45, 2.75) is 31.7 Å². The van der Waals surface area contributed by atoms with Gasteiger partial charge in [0, 0.05) is 6.54 Å². The van der Waals surface area contributed by atoms with Crippen LogP contribution in [0.2, 0.25) is 0 Å². The third kappa shape index (κ3) is 2.13. The Hall–Kier alpha value is -1.46. The van der Waals surface area contributed by atoms with Crippen LogP contribution in [0, 0.1) is 5.92 Å². The van der Waals surface area contributed by atoms with Crippen LogP contribution in [-0.4, -0.2) is 36.0 Å². The monoisotopic (exact) mass is 265 g/mol. The van der Waals surface area contributed by atoms with Crippen LogP contribution < -0.4 is 0 Å². The molecular weight excluding hydrogens is 249 g/mol. The summed E-state index contributed by atoms with van der Waals surface area (Å²) in [6, 6.07) is 9.44. The minimum atomic E-state index is -0.717. The van der Waals surface area contributed by atoms with Gasteiger partial charge in [0.2, 0.25) is 0 Å². The summed E-state index contributed by atoms with van der Waals surface area (Å²) in [4.78, 5) is 17.4. The third-order valence-corrected chi connectivity index (χ3v) is 3.76. The van der Waals surface area contributed by atoms with E-state index >= 15 is 0 Å². The molecule has 0 amide bonds. The maximum atomic E-state index is 13.0. The van der Waals surface area contributed by atoms with Crippen LogP contribution >= 0.6 is 0 Å². The molecule has 1 aromatic rings. The van der Waals surface area contributed by atoms with Gasteiger partial charge in [0.25, 0.3) is 0 Å². The second-order valence-electron chi connectivity index (χ2n) is 5.02. The van der Waals surface area contributed by atoms with Gasteiger partial charge in [0.15, 0.2) is 0 Å². The lowest BCUT2D eigenvalue weighted by atomic mass is 9.95. The topological polar surface area (TPSA) is 38.8 Å². The number of benzene rings is 1. The van der Waals surface area contributed by atoms with Crippen molar-refractivity contribution in [3.05, 3.63) is 35.9 Å². The van der Waals surface area contributed by atoms with Gasteiger partial charge in [0.05, 0.1) is 12.1 Å². The lowest BCUT2D eigenvalue weighted by molar-refractivity contribution is -0.189. The summed E-state index contributed by atoms with van der Waals surface area (Å²) in [6.07, 6.45) is -0.982. The molecule has 19 heavy (non-hydrogen) atoms. The molecule has 4 nitrogen and oxygen atoms in total. The highest BCUT2D eigenvalue weighted by molar-refractivity contribution is 5.77. The molecule has 0 unspecified atom stereocenters. The summed E-state index contributed by atoms with van der Waals surface area (Å²) in [7, 11) is 0. The number of ether oxygens (including phenoxy) is 1. The first kappa shape index (κ1) is 12.6. The molecule has 3 rings (SSSR count). The van der Waals surface area contributed by atoms with Crippen LogP contribution in [0.4, 0.5) is 4.39 Å². The predicted molar refractivity (Wildman–Crippen MR) is 65.7 cm³/mol. The van der Waals surface area contributed by atoms with Crippen LogP contribution in [0.15, 0.2) is 30.3 Å². The van der Waals surface area contributed by atoms with E-state index < -0.39 is 12.8 Å². The molecule has 5 heteroatoms. The third-order valence-electron chi connectivity index (χ3n) is 3.76. The fraction of sp³-hybridized carbons (Fsp3) is 0.500. The molecule has 2 aliphatic heterocycles. The van der Waals surface area contributed by atoms with Crippen molar-refractivity contribution in [1.29, 1.82) is 0 Å². The Morgan fingerprint density at radius 2 is 2.05 bits per heavy atom. The van der Waals surface area contributed by atoms with E-state index in [0.29, 0.717) is 6.54 Å². The second kappa shape index (κ2) is 4.90. The van der Waals surface area contributed by atoms with Gasteiger partial charge in [0.1, 0.15) is 18.7 Å². The van der Waals surface area contributed by atoms with E-state index in [4.69, 9.17) is 9.57 Å². The molecule has 0 aliphatic carbocycles. The number of nitrogens with zero attached hydrogens (tertiary/aromatic N) is 1. The van der Waals surface area contributed by atoms with Crippen molar-refractivity contribution in [2.24, 2.45) is 5.92 Å². The number of hydrogen-bond acceptors (Lipinski definition) is 4. The average molecular weight is 265 g/mol. The maximum absolute atomic E-state index is 13.0. The van der Waals surface area contributed by atoms with Gasteiger partial charge in [-0.1, -0.05) is 30.3 Å². The number of esters is 1. The summed E-state index contributed by atoms with van der Waals surface area (Å²) >= 11 is 0. The molecule has 2 heterocycles. The van der Waals surface area contributed by atoms with Gasteiger partial charge >= 0.3 is 5.97 Å². The van der Waals surface area contributed by atoms with E-state index in [1.165, 1.54) is 0 Å². The van der Waals surface area contributed by atoms with E-state index in [1.54, 1.807) is 5.06 Å². The smallest absolute Gasteiger partial charge is 0.313 e. The first-order valence-corrected chi connectivity index (χ1v) is 6.44. The van der Waals surface area contributed by atoms with E-state index in [9.17, 15) is 9.18 Å². The van der Waals surface area contributed by atoms with E-state index in [0.717, 1.165) is 5.56 Å². The molecule has 0 N–H and O–H groups in total. The zero-order valence-corrected chi connectivity index (χ0v) is 10.7. The van der Waals surface area contributed by atoms with Gasteiger partial charge in [-0.05, 0) is 12.5 Å². The number of halogens is 1. The quantitative estimate of drug-likeness (QED) is 0.780. The zero-order valence-electron chi connectivity index (χ0n) is 10.7. The zero-order chi connectivity index (χ0) is 13.4. The van der Waals surface area contributed by atoms with Gasteiger partial charge in [-0.2, -0.15) is 5.06 Å². The Morgan fingerprint density at radius 3 is 2.74 bits per heavy atom. The maximum Gasteiger partial charge on any atom is 0.313 e. The number of carbonyl (C=O) groups is 1. The highest BCUT2D eigenvalue weighted by Gasteiger charge is 2.56. The van der Waals surface area contributed by atoms with E-state index in [2.05, 4.69) is 0 Å². The number of alkyl halides is 1. The molecule has 0 aromatic heterocycles. The fourth-order valence-corrected chi connectivity index (χ4v) is 2.88. The summed E-state index contributed by atoms with van der Waals surface area (Å²) in [5.41, 5.74) is 1.06. The molecule has 0 saturated carbocycles. The summed E-state index contributed by atoms with van der Waals surface area (Å²) < 4.78 is 18.1. The second-order valence-corrected chi connectivity index (χ2v) is 5.02. The van der Waals surface area contributed by atoms with Crippen LogP contribution in [0.1, 0.15) is 12.5 Å². The average Bonchev–Trinajstić information content (AvgIpc) is 2.91. The van der Waals surface area contributed by atoms with Crippen LogP contribution in [0.5, 0.6) is 0 Å². The van der Waals surface area contributed by atoms with Crippen molar-refractivity contribution in [3.8, 4) is 0 Å². The number of rotatable bonds is 3. The molecule has 102 valence electrons. The van der Waals surface area contributed by atoms with Crippen LogP contribution in [0.3, 0.4) is 0 Å². The molecule has 0 bridgehead atoms. The highest BCUT2D eigenvalue weighted by Crippen LogP contribution is 2.38. The Balaban J connectivity index is 1.81. The molecule has 0 spiro atoms. The summed E-state index contributed by atoms with van der Waals surface area (Å²) in [5.74, 6) is -0.736. The van der Waals surface area contributed by atoms with Gasteiger partial charge in [-0.25, -0.2) is 4.39 Å². The number of hydrogen-bond donors (Lipinski definition) is 0. The standard InChI is InChI=1S/C14H16FNO3/c1-9-12-13(11(7-15)18-14(12)17)16(19-9)8-10-5-3-2-4-6-10/h2-6,9,11-13H,7-8H2,1H3/t9-,11-,12-,13-/m1/s1. The van der Waals surface area contributed by atoms with Crippen molar-refractivity contribution in [1.82, 2.24) is 5.06 Å². The van der Waals surface area contributed by atoms with Crippen molar-refractivity contribution in [3.63, 3.8) is 0 Å². The largest absolute Gasteiger partial charge is 0.457 e. The molecule has 4 atom stereocenters.